The van der Waals surface area contributed by atoms with Crippen molar-refractivity contribution in [2.45, 2.75) is 32.7 Å². The molecule has 0 amide bonds. The lowest BCUT2D eigenvalue weighted by atomic mass is 9.98. The molecule has 16 heavy (non-hydrogen) atoms. The van der Waals surface area contributed by atoms with E-state index in [1.807, 2.05) is 25.2 Å². The minimum absolute atomic E-state index is 0.371. The molecule has 0 saturated carbocycles. The van der Waals surface area contributed by atoms with Crippen LogP contribution in [0.15, 0.2) is 22.7 Å². The van der Waals surface area contributed by atoms with Gasteiger partial charge in [0.1, 0.15) is 0 Å². The first-order chi connectivity index (χ1) is 7.54. The first-order valence-corrected chi connectivity index (χ1v) is 6.84. The highest BCUT2D eigenvalue weighted by atomic mass is 79.9. The smallest absolute Gasteiger partial charge is 0.0410 e. The molecule has 0 bridgehead atoms. The zero-order valence-electron chi connectivity index (χ0n) is 10.1. The Morgan fingerprint density at radius 2 is 2.00 bits per heavy atom. The first-order valence-electron chi connectivity index (χ1n) is 5.66. The molecule has 0 radical (unpaired) electrons. The molecule has 1 aromatic carbocycles. The van der Waals surface area contributed by atoms with Gasteiger partial charge in [-0.05, 0) is 49.6 Å². The third-order valence-corrected chi connectivity index (χ3v) is 3.67. The summed E-state index contributed by atoms with van der Waals surface area (Å²) >= 11 is 9.61. The summed E-state index contributed by atoms with van der Waals surface area (Å²) in [6, 6.07) is 6.32. The molecule has 1 atom stereocenters. The molecule has 0 fully saturated rings. The van der Waals surface area contributed by atoms with Gasteiger partial charge < -0.3 is 5.32 Å². The number of benzene rings is 1. The Morgan fingerprint density at radius 3 is 2.56 bits per heavy atom. The zero-order chi connectivity index (χ0) is 12.1. The maximum Gasteiger partial charge on any atom is 0.0410 e. The lowest BCUT2D eigenvalue weighted by Crippen LogP contribution is -2.17. The maximum absolute atomic E-state index is 6.03. The maximum atomic E-state index is 6.03. The molecule has 0 aromatic heterocycles. The van der Waals surface area contributed by atoms with Crippen LogP contribution in [0.1, 0.15) is 38.3 Å². The van der Waals surface area contributed by atoms with Gasteiger partial charge in [0.05, 0.1) is 0 Å². The van der Waals surface area contributed by atoms with E-state index >= 15 is 0 Å². The second-order valence-electron chi connectivity index (χ2n) is 4.48. The molecule has 0 heterocycles. The van der Waals surface area contributed by atoms with E-state index in [-0.39, 0.29) is 0 Å². The number of hydrogen-bond acceptors (Lipinski definition) is 1. The molecule has 1 aromatic rings. The van der Waals surface area contributed by atoms with Crippen molar-refractivity contribution >= 4 is 27.5 Å². The average molecular weight is 305 g/mol. The van der Waals surface area contributed by atoms with Crippen molar-refractivity contribution in [3.05, 3.63) is 33.3 Å². The van der Waals surface area contributed by atoms with Gasteiger partial charge in [0.25, 0.3) is 0 Å². The molecule has 3 heteroatoms. The van der Waals surface area contributed by atoms with Gasteiger partial charge in [-0.2, -0.15) is 0 Å². The summed E-state index contributed by atoms with van der Waals surface area (Å²) in [4.78, 5) is 0. The molecule has 0 aliphatic heterocycles. The Morgan fingerprint density at radius 1 is 1.31 bits per heavy atom. The van der Waals surface area contributed by atoms with Crippen LogP contribution in [0, 0.1) is 5.92 Å². The third-order valence-electron chi connectivity index (χ3n) is 2.71. The number of hydrogen-bond donors (Lipinski definition) is 1. The van der Waals surface area contributed by atoms with Gasteiger partial charge in [-0.15, -0.1) is 0 Å². The molecule has 0 saturated heterocycles. The quantitative estimate of drug-likeness (QED) is 0.824. The van der Waals surface area contributed by atoms with Crippen molar-refractivity contribution in [3.63, 3.8) is 0 Å². The highest BCUT2D eigenvalue weighted by Gasteiger charge is 2.13. The predicted molar refractivity (Wildman–Crippen MR) is 75.0 cm³/mol. The van der Waals surface area contributed by atoms with E-state index in [9.17, 15) is 0 Å². The van der Waals surface area contributed by atoms with E-state index in [1.54, 1.807) is 0 Å². The fourth-order valence-electron chi connectivity index (χ4n) is 1.74. The lowest BCUT2D eigenvalue weighted by molar-refractivity contribution is 0.464. The van der Waals surface area contributed by atoms with Crippen molar-refractivity contribution in [1.82, 2.24) is 5.32 Å². The molecule has 0 aliphatic carbocycles. The fourth-order valence-corrected chi connectivity index (χ4v) is 2.44. The zero-order valence-corrected chi connectivity index (χ0v) is 12.4. The van der Waals surface area contributed by atoms with Crippen LogP contribution in [0.5, 0.6) is 0 Å². The van der Waals surface area contributed by atoms with Gasteiger partial charge in [0.15, 0.2) is 0 Å². The van der Waals surface area contributed by atoms with Crippen molar-refractivity contribution in [1.29, 1.82) is 0 Å². The van der Waals surface area contributed by atoms with Gasteiger partial charge in [0, 0.05) is 15.5 Å². The highest BCUT2D eigenvalue weighted by Crippen LogP contribution is 2.29. The Balaban J connectivity index is 2.81. The SMILES string of the molecule is CNC(CCC(C)C)c1cc(Cl)ccc1Br. The molecule has 1 rings (SSSR count). The first kappa shape index (κ1) is 14.0. The van der Waals surface area contributed by atoms with Crippen LogP contribution in [-0.4, -0.2) is 7.05 Å². The minimum atomic E-state index is 0.371. The van der Waals surface area contributed by atoms with Crippen molar-refractivity contribution in [3.8, 4) is 0 Å². The average Bonchev–Trinajstić information content (AvgIpc) is 2.23. The summed E-state index contributed by atoms with van der Waals surface area (Å²) in [7, 11) is 2.00. The van der Waals surface area contributed by atoms with Crippen molar-refractivity contribution in [2.24, 2.45) is 5.92 Å². The van der Waals surface area contributed by atoms with E-state index in [0.29, 0.717) is 6.04 Å². The summed E-state index contributed by atoms with van der Waals surface area (Å²) in [6.07, 6.45) is 2.34. The van der Waals surface area contributed by atoms with E-state index in [4.69, 9.17) is 11.6 Å². The number of halogens is 2. The topological polar surface area (TPSA) is 12.0 Å². The monoisotopic (exact) mass is 303 g/mol. The fraction of sp³-hybridized carbons (Fsp3) is 0.538. The largest absolute Gasteiger partial charge is 0.313 e. The summed E-state index contributed by atoms with van der Waals surface area (Å²) in [5.74, 6) is 0.730. The van der Waals surface area contributed by atoms with Crippen molar-refractivity contribution < 1.29 is 0 Å². The Hall–Kier alpha value is -0.0500. The van der Waals surface area contributed by atoms with Gasteiger partial charge in [-0.25, -0.2) is 0 Å². The Labute approximate surface area is 112 Å². The molecular weight excluding hydrogens is 286 g/mol. The number of rotatable bonds is 5. The normalized spacial score (nSPS) is 13.1. The predicted octanol–water partition coefficient (Wildman–Crippen LogP) is 4.80. The second kappa shape index (κ2) is 6.63. The number of nitrogens with one attached hydrogen (secondary N) is 1. The van der Waals surface area contributed by atoms with Crippen LogP contribution in [0.25, 0.3) is 0 Å². The lowest BCUT2D eigenvalue weighted by Gasteiger charge is -2.19. The van der Waals surface area contributed by atoms with Crippen molar-refractivity contribution in [2.75, 3.05) is 7.05 Å². The van der Waals surface area contributed by atoms with Crippen LogP contribution in [-0.2, 0) is 0 Å². The van der Waals surface area contributed by atoms with Crippen LogP contribution in [0.4, 0.5) is 0 Å². The Bertz CT molecular complexity index is 339. The second-order valence-corrected chi connectivity index (χ2v) is 5.77. The summed E-state index contributed by atoms with van der Waals surface area (Å²) in [5.41, 5.74) is 1.25. The minimum Gasteiger partial charge on any atom is -0.313 e. The van der Waals surface area contributed by atoms with E-state index < -0.39 is 0 Å². The molecule has 90 valence electrons. The van der Waals surface area contributed by atoms with Gasteiger partial charge in [-0.1, -0.05) is 41.4 Å². The molecule has 1 nitrogen and oxygen atoms in total. The summed E-state index contributed by atoms with van der Waals surface area (Å²) < 4.78 is 1.13. The van der Waals surface area contributed by atoms with Crippen LogP contribution in [0.2, 0.25) is 5.02 Å². The van der Waals surface area contributed by atoms with Crippen LogP contribution >= 0.6 is 27.5 Å². The van der Waals surface area contributed by atoms with Crippen LogP contribution < -0.4 is 5.32 Å². The summed E-state index contributed by atoms with van der Waals surface area (Å²) in [5, 5.41) is 4.15. The van der Waals surface area contributed by atoms with E-state index in [2.05, 4.69) is 35.1 Å². The molecule has 1 unspecified atom stereocenters. The van der Waals surface area contributed by atoms with E-state index in [0.717, 1.165) is 21.8 Å². The molecule has 0 aliphatic rings. The summed E-state index contributed by atoms with van der Waals surface area (Å²) in [6.45, 7) is 4.50. The Kier molecular flexibility index (Phi) is 5.81. The molecule has 0 spiro atoms. The van der Waals surface area contributed by atoms with Gasteiger partial charge in [-0.3, -0.25) is 0 Å². The van der Waals surface area contributed by atoms with Gasteiger partial charge in [0.2, 0.25) is 0 Å². The van der Waals surface area contributed by atoms with E-state index in [1.165, 1.54) is 12.0 Å². The van der Waals surface area contributed by atoms with Gasteiger partial charge >= 0.3 is 0 Å². The third kappa shape index (κ3) is 4.08. The molecule has 1 N–H and O–H groups in total. The standard InChI is InChI=1S/C13H19BrClN/c1-9(2)4-7-13(16-3)11-8-10(15)5-6-12(11)14/h5-6,8-9,13,16H,4,7H2,1-3H3. The van der Waals surface area contributed by atoms with Crippen LogP contribution in [0.3, 0.4) is 0 Å². The molecular formula is C13H19BrClN. The highest BCUT2D eigenvalue weighted by molar-refractivity contribution is 9.10.